The van der Waals surface area contributed by atoms with E-state index in [2.05, 4.69) is 11.9 Å². The monoisotopic (exact) mass is 635 g/mol. The molecule has 0 aliphatic heterocycles. The fraction of sp³-hybridized carbons (Fsp3) is 0.286. The minimum atomic E-state index is -1.04. The Hall–Kier alpha value is -4.37. The van der Waals surface area contributed by atoms with Crippen LogP contribution in [0.3, 0.4) is 0 Å². The molecule has 6 nitrogen and oxygen atoms in total. The highest BCUT2D eigenvalue weighted by atomic mass is 35.5. The number of carboxylic acid groups (broad SMARTS) is 1. The molecule has 0 amide bonds. The Labute approximate surface area is 264 Å². The Morgan fingerprint density at radius 1 is 0.956 bits per heavy atom. The molecule has 2 heterocycles. The summed E-state index contributed by atoms with van der Waals surface area (Å²) in [6.07, 6.45) is 3.06. The molecule has 0 radical (unpaired) electrons. The summed E-state index contributed by atoms with van der Waals surface area (Å²) < 4.78 is 52.7. The molecule has 5 aromatic rings. The molecule has 0 spiro atoms. The van der Waals surface area contributed by atoms with E-state index in [1.54, 1.807) is 30.3 Å². The van der Waals surface area contributed by atoms with E-state index in [4.69, 9.17) is 21.3 Å². The molecule has 0 atom stereocenters. The van der Waals surface area contributed by atoms with Gasteiger partial charge in [0.25, 0.3) is 0 Å². The van der Waals surface area contributed by atoms with Gasteiger partial charge in [-0.3, -0.25) is 0 Å². The van der Waals surface area contributed by atoms with Gasteiger partial charge in [-0.25, -0.2) is 27.9 Å². The van der Waals surface area contributed by atoms with Crippen LogP contribution < -0.4 is 4.74 Å². The maximum atomic E-state index is 15.5. The van der Waals surface area contributed by atoms with Gasteiger partial charge < -0.3 is 14.4 Å². The topological polar surface area (TPSA) is 77.2 Å². The number of benzene rings is 3. The zero-order chi connectivity index (χ0) is 32.3. The standard InChI is InChI=1S/C33H27ClF3N3O3.C2H6/c1-2-33(10-11-33)18-40-29-13-19(32(41)42)7-9-28(29)38-30(40)14-21-12-26(37)23(16-25(21)36)27-4-3-5-31(39-27)43-17-20-6-8-22(34)15-24(20)35;1-2/h3-9,12-13,15-16H,2,10-11,14,17-18H2,1H3,(H,41,42);1-2H3. The summed E-state index contributed by atoms with van der Waals surface area (Å²) in [7, 11) is 0. The van der Waals surface area contributed by atoms with Crippen LogP contribution in [0, 0.1) is 22.9 Å². The number of carbonyl (C=O) groups is 1. The summed E-state index contributed by atoms with van der Waals surface area (Å²) in [5.74, 6) is -2.22. The van der Waals surface area contributed by atoms with Gasteiger partial charge in [0.1, 0.15) is 29.9 Å². The molecule has 1 aliphatic carbocycles. The van der Waals surface area contributed by atoms with Crippen LogP contribution in [0.5, 0.6) is 5.88 Å². The van der Waals surface area contributed by atoms with Crippen molar-refractivity contribution in [2.45, 2.75) is 59.6 Å². The number of aromatic carboxylic acids is 1. The van der Waals surface area contributed by atoms with Gasteiger partial charge in [0.05, 0.1) is 22.3 Å². The molecule has 6 rings (SSSR count). The molecule has 1 fully saturated rings. The van der Waals surface area contributed by atoms with Crippen molar-refractivity contribution >= 4 is 28.6 Å². The molecule has 0 unspecified atom stereocenters. The minimum absolute atomic E-state index is 0.0170. The highest BCUT2D eigenvalue weighted by molar-refractivity contribution is 6.30. The first-order chi connectivity index (χ1) is 21.6. The van der Waals surface area contributed by atoms with Crippen LogP contribution in [0.4, 0.5) is 13.2 Å². The Kier molecular flexibility index (Phi) is 9.48. The molecule has 1 aliphatic rings. The van der Waals surface area contributed by atoms with E-state index in [9.17, 15) is 14.3 Å². The number of imidazole rings is 1. The Balaban J connectivity index is 0.00000196. The van der Waals surface area contributed by atoms with E-state index in [0.717, 1.165) is 31.4 Å². The highest BCUT2D eigenvalue weighted by Gasteiger charge is 2.41. The van der Waals surface area contributed by atoms with Crippen molar-refractivity contribution in [3.05, 3.63) is 112 Å². The van der Waals surface area contributed by atoms with E-state index < -0.39 is 23.4 Å². The number of aromatic nitrogens is 3. The van der Waals surface area contributed by atoms with Crippen LogP contribution in [0.1, 0.15) is 67.3 Å². The predicted molar refractivity (Wildman–Crippen MR) is 168 cm³/mol. The molecule has 0 saturated heterocycles. The third kappa shape index (κ3) is 6.99. The smallest absolute Gasteiger partial charge is 0.335 e. The average molecular weight is 636 g/mol. The summed E-state index contributed by atoms with van der Waals surface area (Å²) in [5, 5.41) is 9.78. The summed E-state index contributed by atoms with van der Waals surface area (Å²) in [6.45, 7) is 6.62. The van der Waals surface area contributed by atoms with Crippen molar-refractivity contribution in [2.24, 2.45) is 5.41 Å². The maximum Gasteiger partial charge on any atom is 0.335 e. The lowest BCUT2D eigenvalue weighted by molar-refractivity contribution is 0.0697. The summed E-state index contributed by atoms with van der Waals surface area (Å²) >= 11 is 5.80. The van der Waals surface area contributed by atoms with Crippen LogP contribution in [0.15, 0.2) is 66.7 Å². The molecule has 0 bridgehead atoms. The van der Waals surface area contributed by atoms with Crippen molar-refractivity contribution in [1.82, 2.24) is 14.5 Å². The SMILES string of the molecule is CC.CCC1(Cn2c(Cc3cc(F)c(-c4cccc(OCc5ccc(Cl)cc5F)n4)cc3F)nc3ccc(C(=O)O)cc32)CC1. The van der Waals surface area contributed by atoms with Gasteiger partial charge in [0.2, 0.25) is 5.88 Å². The molecule has 45 heavy (non-hydrogen) atoms. The van der Waals surface area contributed by atoms with Crippen molar-refractivity contribution in [3.8, 4) is 17.1 Å². The second-order valence-electron chi connectivity index (χ2n) is 11.0. The zero-order valence-electron chi connectivity index (χ0n) is 25.2. The van der Waals surface area contributed by atoms with Gasteiger partial charge in [-0.1, -0.05) is 44.5 Å². The van der Waals surface area contributed by atoms with Gasteiger partial charge in [0, 0.05) is 35.2 Å². The van der Waals surface area contributed by atoms with Gasteiger partial charge in [0.15, 0.2) is 0 Å². The molecule has 10 heteroatoms. The van der Waals surface area contributed by atoms with E-state index in [1.165, 1.54) is 24.3 Å². The number of rotatable bonds is 10. The fourth-order valence-electron chi connectivity index (χ4n) is 5.28. The number of nitrogens with zero attached hydrogens (tertiary/aromatic N) is 3. The number of hydrogen-bond acceptors (Lipinski definition) is 4. The minimum Gasteiger partial charge on any atom is -0.478 e. The highest BCUT2D eigenvalue weighted by Crippen LogP contribution is 2.50. The van der Waals surface area contributed by atoms with E-state index in [-0.39, 0.29) is 57.3 Å². The summed E-state index contributed by atoms with van der Waals surface area (Å²) in [6, 6.07) is 15.9. The summed E-state index contributed by atoms with van der Waals surface area (Å²) in [5.41, 5.74) is 1.98. The van der Waals surface area contributed by atoms with Crippen LogP contribution in [0.2, 0.25) is 5.02 Å². The lowest BCUT2D eigenvalue weighted by Crippen LogP contribution is -2.14. The van der Waals surface area contributed by atoms with Gasteiger partial charge in [-0.2, -0.15) is 0 Å². The van der Waals surface area contributed by atoms with Crippen molar-refractivity contribution < 1.29 is 27.8 Å². The van der Waals surface area contributed by atoms with E-state index in [1.807, 2.05) is 18.4 Å². The fourth-order valence-corrected chi connectivity index (χ4v) is 5.44. The van der Waals surface area contributed by atoms with Crippen LogP contribution >= 0.6 is 11.6 Å². The number of halogens is 4. The van der Waals surface area contributed by atoms with Gasteiger partial charge in [-0.15, -0.1) is 0 Å². The van der Waals surface area contributed by atoms with Crippen LogP contribution in [0.25, 0.3) is 22.3 Å². The van der Waals surface area contributed by atoms with Crippen LogP contribution in [-0.4, -0.2) is 25.6 Å². The first kappa shape index (κ1) is 32.0. The lowest BCUT2D eigenvalue weighted by atomic mass is 10.0. The molecule has 1 N–H and O–H groups in total. The number of fused-ring (bicyclic) bond motifs is 1. The number of hydrogen-bond donors (Lipinski definition) is 1. The molecule has 2 aromatic heterocycles. The van der Waals surface area contributed by atoms with Crippen molar-refractivity contribution in [3.63, 3.8) is 0 Å². The molecule has 3 aromatic carbocycles. The Bertz CT molecular complexity index is 1870. The molecular formula is C35H33ClF3N3O3. The summed E-state index contributed by atoms with van der Waals surface area (Å²) in [4.78, 5) is 20.6. The third-order valence-corrected chi connectivity index (χ3v) is 8.38. The predicted octanol–water partition coefficient (Wildman–Crippen LogP) is 9.25. The van der Waals surface area contributed by atoms with Crippen LogP contribution in [-0.2, 0) is 19.6 Å². The molecule has 1 saturated carbocycles. The average Bonchev–Trinajstić information content (AvgIpc) is 3.74. The normalized spacial score (nSPS) is 13.3. The van der Waals surface area contributed by atoms with Gasteiger partial charge in [-0.05, 0) is 78.8 Å². The lowest BCUT2D eigenvalue weighted by Gasteiger charge is -2.17. The molecular weight excluding hydrogens is 603 g/mol. The molecule has 234 valence electrons. The largest absolute Gasteiger partial charge is 0.478 e. The van der Waals surface area contributed by atoms with E-state index >= 15 is 8.78 Å². The van der Waals surface area contributed by atoms with E-state index in [0.29, 0.717) is 23.4 Å². The second-order valence-corrected chi connectivity index (χ2v) is 11.4. The number of carboxylic acids is 1. The zero-order valence-corrected chi connectivity index (χ0v) is 26.0. The number of pyridine rings is 1. The van der Waals surface area contributed by atoms with Crippen molar-refractivity contribution in [1.29, 1.82) is 0 Å². The van der Waals surface area contributed by atoms with Crippen molar-refractivity contribution in [2.75, 3.05) is 0 Å². The second kappa shape index (κ2) is 13.3. The first-order valence-electron chi connectivity index (χ1n) is 14.9. The third-order valence-electron chi connectivity index (χ3n) is 8.15. The first-order valence-corrected chi connectivity index (χ1v) is 15.3. The quantitative estimate of drug-likeness (QED) is 0.165. The maximum absolute atomic E-state index is 15.5. The number of ether oxygens (including phenoxy) is 1. The van der Waals surface area contributed by atoms with Gasteiger partial charge >= 0.3 is 5.97 Å². The Morgan fingerprint density at radius 3 is 2.40 bits per heavy atom. The Morgan fingerprint density at radius 2 is 1.71 bits per heavy atom.